The Labute approximate surface area is 169 Å². The van der Waals surface area contributed by atoms with Crippen LogP contribution in [0.3, 0.4) is 0 Å². The lowest BCUT2D eigenvalue weighted by atomic mass is 10.2. The summed E-state index contributed by atoms with van der Waals surface area (Å²) in [5, 5.41) is 3.93. The Morgan fingerprint density at radius 3 is 2.44 bits per heavy atom. The van der Waals surface area contributed by atoms with Crippen LogP contribution in [0, 0.1) is 13.8 Å². The number of rotatable bonds is 8. The highest BCUT2D eigenvalue weighted by Gasteiger charge is 2.20. The molecular formula is C19H26ClN4O2S+. The number of anilines is 1. The maximum Gasteiger partial charge on any atom is 0.254 e. The Morgan fingerprint density at radius 1 is 1.22 bits per heavy atom. The summed E-state index contributed by atoms with van der Waals surface area (Å²) < 4.78 is 0. The zero-order valence-electron chi connectivity index (χ0n) is 16.1. The number of quaternary nitrogens is 1. The average molecular weight is 410 g/mol. The van der Waals surface area contributed by atoms with Crippen LogP contribution in [-0.4, -0.2) is 55.4 Å². The standard InChI is InChI=1S/C19H25ClN4O2S/c1-13-14(2)27-19(21-13)22-17(25)12-24(11-5-10-23(3)4)18(26)15-6-8-16(20)9-7-15/h6-9H,5,10-12H2,1-4H3,(H,21,22,25)/p+1. The fraction of sp³-hybridized carbons (Fsp3) is 0.421. The number of halogens is 1. The van der Waals surface area contributed by atoms with Gasteiger partial charge in [-0.1, -0.05) is 11.6 Å². The normalized spacial score (nSPS) is 10.9. The van der Waals surface area contributed by atoms with Crippen molar-refractivity contribution >= 4 is 39.9 Å². The van der Waals surface area contributed by atoms with E-state index in [-0.39, 0.29) is 18.4 Å². The number of thiazole rings is 1. The van der Waals surface area contributed by atoms with Gasteiger partial charge >= 0.3 is 0 Å². The lowest BCUT2D eigenvalue weighted by molar-refractivity contribution is -0.858. The third kappa shape index (κ3) is 6.61. The van der Waals surface area contributed by atoms with Crippen molar-refractivity contribution in [3.63, 3.8) is 0 Å². The number of nitrogens with zero attached hydrogens (tertiary/aromatic N) is 2. The van der Waals surface area contributed by atoms with Gasteiger partial charge < -0.3 is 15.1 Å². The SMILES string of the molecule is Cc1nc(NC(=O)CN(CCC[NH+](C)C)C(=O)c2ccc(Cl)cc2)sc1C. The fourth-order valence-electron chi connectivity index (χ4n) is 2.51. The Bertz CT molecular complexity index is 770. The van der Waals surface area contributed by atoms with Gasteiger partial charge in [-0.3, -0.25) is 9.59 Å². The van der Waals surface area contributed by atoms with Crippen molar-refractivity contribution in [1.29, 1.82) is 0 Å². The summed E-state index contributed by atoms with van der Waals surface area (Å²) in [6.45, 7) is 5.28. The average Bonchev–Trinajstić information content (AvgIpc) is 2.91. The molecule has 0 radical (unpaired) electrons. The van der Waals surface area contributed by atoms with Gasteiger partial charge in [-0.15, -0.1) is 11.3 Å². The molecule has 8 heteroatoms. The molecule has 0 aliphatic heterocycles. The van der Waals surface area contributed by atoms with Crippen LogP contribution in [0.5, 0.6) is 0 Å². The predicted molar refractivity (Wildman–Crippen MR) is 110 cm³/mol. The van der Waals surface area contributed by atoms with E-state index in [1.165, 1.54) is 16.2 Å². The molecule has 146 valence electrons. The number of hydrogen-bond donors (Lipinski definition) is 2. The molecule has 2 aromatic rings. The van der Waals surface area contributed by atoms with Crippen LogP contribution < -0.4 is 10.2 Å². The fourth-order valence-corrected chi connectivity index (χ4v) is 3.47. The molecule has 0 atom stereocenters. The maximum atomic E-state index is 12.9. The van der Waals surface area contributed by atoms with Crippen LogP contribution >= 0.6 is 22.9 Å². The van der Waals surface area contributed by atoms with E-state index in [1.54, 1.807) is 29.2 Å². The van der Waals surface area contributed by atoms with Crippen molar-refractivity contribution in [3.8, 4) is 0 Å². The smallest absolute Gasteiger partial charge is 0.254 e. The van der Waals surface area contributed by atoms with E-state index in [9.17, 15) is 9.59 Å². The lowest BCUT2D eigenvalue weighted by Gasteiger charge is -2.22. The minimum Gasteiger partial charge on any atom is -0.340 e. The summed E-state index contributed by atoms with van der Waals surface area (Å²) in [7, 11) is 4.12. The van der Waals surface area contributed by atoms with Crippen molar-refractivity contribution in [1.82, 2.24) is 9.88 Å². The van der Waals surface area contributed by atoms with E-state index >= 15 is 0 Å². The van der Waals surface area contributed by atoms with Crippen LogP contribution in [0.1, 0.15) is 27.3 Å². The molecule has 6 nitrogen and oxygen atoms in total. The molecular weight excluding hydrogens is 384 g/mol. The summed E-state index contributed by atoms with van der Waals surface area (Å²) in [4.78, 5) is 33.6. The number of aryl methyl sites for hydroxylation is 2. The quantitative estimate of drug-likeness (QED) is 0.701. The monoisotopic (exact) mass is 409 g/mol. The van der Waals surface area contributed by atoms with Crippen LogP contribution in [0.2, 0.25) is 5.02 Å². The molecule has 27 heavy (non-hydrogen) atoms. The second-order valence-corrected chi connectivity index (χ2v) is 8.39. The van der Waals surface area contributed by atoms with Crippen LogP contribution in [0.15, 0.2) is 24.3 Å². The van der Waals surface area contributed by atoms with Crippen molar-refractivity contribution in [3.05, 3.63) is 45.4 Å². The minimum absolute atomic E-state index is 0.0120. The Hall–Kier alpha value is -1.96. The number of aromatic nitrogens is 1. The summed E-state index contributed by atoms with van der Waals surface area (Å²) in [5.74, 6) is -0.426. The second kappa shape index (κ2) is 9.82. The van der Waals surface area contributed by atoms with Gasteiger partial charge in [-0.25, -0.2) is 4.98 Å². The van der Waals surface area contributed by atoms with Crippen molar-refractivity contribution in [2.75, 3.05) is 39.0 Å². The molecule has 0 spiro atoms. The Balaban J connectivity index is 2.07. The number of benzene rings is 1. The Morgan fingerprint density at radius 2 is 1.89 bits per heavy atom. The van der Waals surface area contributed by atoms with E-state index in [4.69, 9.17) is 11.6 Å². The number of nitrogens with one attached hydrogen (secondary N) is 2. The largest absolute Gasteiger partial charge is 0.340 e. The minimum atomic E-state index is -0.247. The molecule has 0 bridgehead atoms. The van der Waals surface area contributed by atoms with Gasteiger partial charge in [0.1, 0.15) is 6.54 Å². The van der Waals surface area contributed by atoms with E-state index in [2.05, 4.69) is 24.4 Å². The first-order chi connectivity index (χ1) is 12.8. The molecule has 0 aliphatic rings. The zero-order valence-corrected chi connectivity index (χ0v) is 17.7. The van der Waals surface area contributed by atoms with E-state index < -0.39 is 0 Å². The highest BCUT2D eigenvalue weighted by molar-refractivity contribution is 7.15. The second-order valence-electron chi connectivity index (χ2n) is 6.75. The van der Waals surface area contributed by atoms with Crippen LogP contribution in [-0.2, 0) is 4.79 Å². The van der Waals surface area contributed by atoms with Crippen LogP contribution in [0.25, 0.3) is 0 Å². The van der Waals surface area contributed by atoms with E-state index in [0.717, 1.165) is 23.5 Å². The van der Waals surface area contributed by atoms with Crippen molar-refractivity contribution < 1.29 is 14.5 Å². The van der Waals surface area contributed by atoms with E-state index in [0.29, 0.717) is 22.3 Å². The number of amides is 2. The Kier molecular flexibility index (Phi) is 7.77. The van der Waals surface area contributed by atoms with E-state index in [1.807, 2.05) is 13.8 Å². The van der Waals surface area contributed by atoms with Gasteiger partial charge in [-0.05, 0) is 38.1 Å². The van der Waals surface area contributed by atoms with Crippen LogP contribution in [0.4, 0.5) is 5.13 Å². The summed E-state index contributed by atoms with van der Waals surface area (Å²) in [6.07, 6.45) is 0.810. The lowest BCUT2D eigenvalue weighted by Crippen LogP contribution is -3.05. The highest BCUT2D eigenvalue weighted by atomic mass is 35.5. The summed E-state index contributed by atoms with van der Waals surface area (Å²) >= 11 is 7.34. The number of hydrogen-bond acceptors (Lipinski definition) is 4. The zero-order chi connectivity index (χ0) is 20.0. The van der Waals surface area contributed by atoms with Gasteiger partial charge in [0, 0.05) is 28.4 Å². The first-order valence-corrected chi connectivity index (χ1v) is 10.0. The summed E-state index contributed by atoms with van der Waals surface area (Å²) in [5.41, 5.74) is 1.42. The van der Waals surface area contributed by atoms with Gasteiger partial charge in [-0.2, -0.15) is 0 Å². The number of carbonyl (C=O) groups excluding carboxylic acids is 2. The van der Waals surface area contributed by atoms with Gasteiger partial charge in [0.25, 0.3) is 5.91 Å². The topological polar surface area (TPSA) is 66.7 Å². The molecule has 1 aromatic carbocycles. The van der Waals surface area contributed by atoms with Gasteiger partial charge in [0.15, 0.2) is 5.13 Å². The molecule has 2 rings (SSSR count). The first kappa shape index (κ1) is 21.3. The molecule has 0 saturated carbocycles. The third-order valence-electron chi connectivity index (χ3n) is 4.09. The van der Waals surface area contributed by atoms with Crippen molar-refractivity contribution in [2.24, 2.45) is 0 Å². The molecule has 0 aliphatic carbocycles. The summed E-state index contributed by atoms with van der Waals surface area (Å²) in [6, 6.07) is 6.72. The third-order valence-corrected chi connectivity index (χ3v) is 5.33. The van der Waals surface area contributed by atoms with Crippen molar-refractivity contribution in [2.45, 2.75) is 20.3 Å². The molecule has 0 fully saturated rings. The molecule has 1 heterocycles. The molecule has 2 amide bonds. The number of carbonyl (C=O) groups is 2. The maximum absolute atomic E-state index is 12.9. The molecule has 0 saturated heterocycles. The molecule has 2 N–H and O–H groups in total. The molecule has 0 unspecified atom stereocenters. The molecule has 1 aromatic heterocycles. The highest BCUT2D eigenvalue weighted by Crippen LogP contribution is 2.21. The van der Waals surface area contributed by atoms with Gasteiger partial charge in [0.2, 0.25) is 5.91 Å². The first-order valence-electron chi connectivity index (χ1n) is 8.84. The van der Waals surface area contributed by atoms with Gasteiger partial charge in [0.05, 0.1) is 26.3 Å². The predicted octanol–water partition coefficient (Wildman–Crippen LogP) is 2.03.